The number of rotatable bonds is 2. The van der Waals surface area contributed by atoms with Crippen LogP contribution in [0.25, 0.3) is 11.3 Å². The lowest BCUT2D eigenvalue weighted by atomic mass is 10.1. The summed E-state index contributed by atoms with van der Waals surface area (Å²) in [6.45, 7) is 0. The minimum absolute atomic E-state index is 0.111. The summed E-state index contributed by atoms with van der Waals surface area (Å²) in [7, 11) is 1.74. The number of hydrogen-bond donors (Lipinski definition) is 2. The largest absolute Gasteiger partial charge is 0.477 e. The first kappa shape index (κ1) is 12.1. The maximum absolute atomic E-state index is 11.1. The summed E-state index contributed by atoms with van der Waals surface area (Å²) in [5.41, 5.74) is 1.50. The zero-order chi connectivity index (χ0) is 12.6. The number of carbonyl (C=O) groups is 1. The molecular weight excluding hydrogens is 304 g/mol. The molecule has 0 spiro atoms. The second kappa shape index (κ2) is 4.46. The Hall–Kier alpha value is -1.40. The molecule has 0 saturated heterocycles. The van der Waals surface area contributed by atoms with Gasteiger partial charge in [-0.1, -0.05) is 28.1 Å². The van der Waals surface area contributed by atoms with Crippen LogP contribution in [0.2, 0.25) is 0 Å². The Bertz CT molecular complexity index is 628. The van der Waals surface area contributed by atoms with Crippen molar-refractivity contribution < 1.29 is 9.90 Å². The zero-order valence-electron chi connectivity index (χ0n) is 8.90. The first-order valence-corrected chi connectivity index (χ1v) is 5.99. The summed E-state index contributed by atoms with van der Waals surface area (Å²) >= 11 is 8.38. The predicted octanol–water partition coefficient (Wildman–Crippen LogP) is 3.21. The van der Waals surface area contributed by atoms with Gasteiger partial charge in [0, 0.05) is 17.1 Å². The molecule has 0 aliphatic rings. The molecule has 2 N–H and O–H groups in total. The van der Waals surface area contributed by atoms with Gasteiger partial charge >= 0.3 is 5.97 Å². The number of benzene rings is 1. The molecular formula is C11H9BrN2O2S. The summed E-state index contributed by atoms with van der Waals surface area (Å²) in [5.74, 6) is -1.02. The molecule has 0 aliphatic heterocycles. The van der Waals surface area contributed by atoms with Gasteiger partial charge in [-0.25, -0.2) is 4.79 Å². The van der Waals surface area contributed by atoms with Gasteiger partial charge in [0.1, 0.15) is 0 Å². The number of hydrogen-bond acceptors (Lipinski definition) is 2. The third kappa shape index (κ3) is 2.18. The van der Waals surface area contributed by atoms with E-state index in [1.54, 1.807) is 11.6 Å². The molecule has 88 valence electrons. The fourth-order valence-electron chi connectivity index (χ4n) is 1.62. The topological polar surface area (TPSA) is 58.0 Å². The molecule has 0 unspecified atom stereocenters. The van der Waals surface area contributed by atoms with Crippen molar-refractivity contribution in [2.75, 3.05) is 0 Å². The Morgan fingerprint density at radius 3 is 2.53 bits per heavy atom. The number of carboxylic acids is 1. The van der Waals surface area contributed by atoms with Gasteiger partial charge < -0.3 is 14.7 Å². The SMILES string of the molecule is Cn1c(-c2ccc(Br)cc2)c(C(=O)O)[nH]c1=S. The van der Waals surface area contributed by atoms with E-state index < -0.39 is 5.97 Å². The van der Waals surface area contributed by atoms with Crippen LogP contribution in [0.4, 0.5) is 0 Å². The molecule has 0 bridgehead atoms. The van der Waals surface area contributed by atoms with E-state index in [9.17, 15) is 4.79 Å². The average Bonchev–Trinajstić information content (AvgIpc) is 2.57. The molecule has 1 heterocycles. The smallest absolute Gasteiger partial charge is 0.354 e. The van der Waals surface area contributed by atoms with E-state index in [0.717, 1.165) is 10.0 Å². The van der Waals surface area contributed by atoms with Crippen molar-refractivity contribution in [1.82, 2.24) is 9.55 Å². The number of nitrogens with one attached hydrogen (secondary N) is 1. The lowest BCUT2D eigenvalue weighted by molar-refractivity contribution is 0.0692. The number of nitrogens with zero attached hydrogens (tertiary/aromatic N) is 1. The van der Waals surface area contributed by atoms with Crippen LogP contribution in [0, 0.1) is 4.77 Å². The number of H-pyrrole nitrogens is 1. The zero-order valence-corrected chi connectivity index (χ0v) is 11.3. The second-order valence-corrected chi connectivity index (χ2v) is 4.83. The van der Waals surface area contributed by atoms with Crippen LogP contribution in [0.3, 0.4) is 0 Å². The molecule has 0 saturated carbocycles. The van der Waals surface area contributed by atoms with Crippen molar-refractivity contribution in [2.24, 2.45) is 7.05 Å². The Morgan fingerprint density at radius 2 is 2.00 bits per heavy atom. The Labute approximate surface area is 111 Å². The Morgan fingerprint density at radius 1 is 1.41 bits per heavy atom. The van der Waals surface area contributed by atoms with Gasteiger partial charge in [0.25, 0.3) is 0 Å². The van der Waals surface area contributed by atoms with Crippen molar-refractivity contribution in [3.05, 3.63) is 39.2 Å². The van der Waals surface area contributed by atoms with E-state index in [1.165, 1.54) is 0 Å². The lowest BCUT2D eigenvalue weighted by Gasteiger charge is -2.04. The normalized spacial score (nSPS) is 10.5. The van der Waals surface area contributed by atoms with Gasteiger partial charge in [-0.2, -0.15) is 0 Å². The first-order chi connectivity index (χ1) is 8.00. The molecule has 0 radical (unpaired) electrons. The Balaban J connectivity index is 2.69. The van der Waals surface area contributed by atoms with Crippen LogP contribution in [0.15, 0.2) is 28.7 Å². The van der Waals surface area contributed by atoms with Crippen LogP contribution >= 0.6 is 28.1 Å². The molecule has 2 rings (SSSR count). The molecule has 0 fully saturated rings. The molecule has 17 heavy (non-hydrogen) atoms. The third-order valence-electron chi connectivity index (χ3n) is 2.44. The number of carboxylic acid groups (broad SMARTS) is 1. The van der Waals surface area contributed by atoms with Gasteiger partial charge in [0.15, 0.2) is 10.5 Å². The van der Waals surface area contributed by atoms with Crippen LogP contribution in [0.5, 0.6) is 0 Å². The van der Waals surface area contributed by atoms with E-state index in [1.807, 2.05) is 24.3 Å². The highest BCUT2D eigenvalue weighted by Crippen LogP contribution is 2.25. The second-order valence-electron chi connectivity index (χ2n) is 3.52. The van der Waals surface area contributed by atoms with Gasteiger partial charge in [-0.05, 0) is 24.4 Å². The van der Waals surface area contributed by atoms with E-state index in [2.05, 4.69) is 20.9 Å². The Kier molecular flexibility index (Phi) is 3.17. The molecule has 6 heteroatoms. The van der Waals surface area contributed by atoms with Gasteiger partial charge in [0.2, 0.25) is 0 Å². The number of aromatic carboxylic acids is 1. The van der Waals surface area contributed by atoms with Crippen LogP contribution in [0.1, 0.15) is 10.5 Å². The molecule has 4 nitrogen and oxygen atoms in total. The van der Waals surface area contributed by atoms with Gasteiger partial charge in [-0.3, -0.25) is 0 Å². The van der Waals surface area contributed by atoms with Crippen molar-refractivity contribution in [2.45, 2.75) is 0 Å². The molecule has 1 aromatic heterocycles. The number of aromatic nitrogens is 2. The van der Waals surface area contributed by atoms with Crippen molar-refractivity contribution >= 4 is 34.1 Å². The van der Waals surface area contributed by atoms with Gasteiger partial charge in [0.05, 0.1) is 5.69 Å². The van der Waals surface area contributed by atoms with E-state index in [0.29, 0.717) is 10.5 Å². The maximum Gasteiger partial charge on any atom is 0.354 e. The summed E-state index contributed by atoms with van der Waals surface area (Å²) in [6.07, 6.45) is 0. The summed E-state index contributed by atoms with van der Waals surface area (Å²) in [5, 5.41) is 9.12. The van der Waals surface area contributed by atoms with Crippen LogP contribution < -0.4 is 0 Å². The third-order valence-corrected chi connectivity index (χ3v) is 3.34. The van der Waals surface area contributed by atoms with E-state index in [4.69, 9.17) is 17.3 Å². The fourth-order valence-corrected chi connectivity index (χ4v) is 2.08. The fraction of sp³-hybridized carbons (Fsp3) is 0.0909. The summed E-state index contributed by atoms with van der Waals surface area (Å²) < 4.78 is 2.98. The van der Waals surface area contributed by atoms with Crippen molar-refractivity contribution in [3.8, 4) is 11.3 Å². The maximum atomic E-state index is 11.1. The predicted molar refractivity (Wildman–Crippen MR) is 70.7 cm³/mol. The molecule has 1 aromatic carbocycles. The highest BCUT2D eigenvalue weighted by atomic mass is 79.9. The van der Waals surface area contributed by atoms with Crippen molar-refractivity contribution in [1.29, 1.82) is 0 Å². The highest BCUT2D eigenvalue weighted by Gasteiger charge is 2.17. The lowest BCUT2D eigenvalue weighted by Crippen LogP contribution is -2.01. The number of aromatic amines is 1. The number of halogens is 1. The summed E-state index contributed by atoms with van der Waals surface area (Å²) in [4.78, 5) is 13.8. The average molecular weight is 313 g/mol. The van der Waals surface area contributed by atoms with Crippen molar-refractivity contribution in [3.63, 3.8) is 0 Å². The van der Waals surface area contributed by atoms with Crippen LogP contribution in [-0.2, 0) is 7.05 Å². The number of imidazole rings is 1. The van der Waals surface area contributed by atoms with E-state index in [-0.39, 0.29) is 5.69 Å². The monoisotopic (exact) mass is 312 g/mol. The quantitative estimate of drug-likeness (QED) is 0.837. The van der Waals surface area contributed by atoms with Crippen LogP contribution in [-0.4, -0.2) is 20.6 Å². The van der Waals surface area contributed by atoms with Gasteiger partial charge in [-0.15, -0.1) is 0 Å². The molecule has 0 aliphatic carbocycles. The highest BCUT2D eigenvalue weighted by molar-refractivity contribution is 9.10. The minimum Gasteiger partial charge on any atom is -0.477 e. The molecule has 2 aromatic rings. The minimum atomic E-state index is -1.02. The van der Waals surface area contributed by atoms with E-state index >= 15 is 0 Å². The first-order valence-electron chi connectivity index (χ1n) is 4.79. The summed E-state index contributed by atoms with van der Waals surface area (Å²) in [6, 6.07) is 7.40. The molecule has 0 amide bonds. The standard InChI is InChI=1S/C11H9BrN2O2S/c1-14-9(6-2-4-7(12)5-3-6)8(10(15)16)13-11(14)17/h2-5H,1H3,(H,13,17)(H,15,16). The molecule has 0 atom stereocenters.